The summed E-state index contributed by atoms with van der Waals surface area (Å²) in [6, 6.07) is 2.92. The smallest absolute Gasteiger partial charge is 0.321 e. The lowest BCUT2D eigenvalue weighted by Gasteiger charge is -2.21. The van der Waals surface area contributed by atoms with Crippen molar-refractivity contribution in [3.8, 4) is 0 Å². The monoisotopic (exact) mass is 362 g/mol. The van der Waals surface area contributed by atoms with Gasteiger partial charge in [0, 0.05) is 18.0 Å². The fourth-order valence-corrected chi connectivity index (χ4v) is 3.12. The van der Waals surface area contributed by atoms with E-state index in [0.717, 1.165) is 23.9 Å². The zero-order valence-electron chi connectivity index (χ0n) is 12.9. The number of aliphatic carboxylic acids is 1. The number of urea groups is 1. The number of carboxylic acid groups (broad SMARTS) is 1. The number of benzene rings is 1. The number of halogens is 3. The summed E-state index contributed by atoms with van der Waals surface area (Å²) in [6.45, 7) is 1.83. The molecule has 0 spiro atoms. The molecule has 1 aliphatic rings. The van der Waals surface area contributed by atoms with Crippen LogP contribution >= 0.6 is 11.8 Å². The van der Waals surface area contributed by atoms with Crippen molar-refractivity contribution in [2.24, 2.45) is 5.41 Å². The average Bonchev–Trinajstić information content (AvgIpc) is 2.90. The first kappa shape index (κ1) is 18.4. The van der Waals surface area contributed by atoms with E-state index in [9.17, 15) is 27.9 Å². The van der Waals surface area contributed by atoms with Crippen LogP contribution in [0.15, 0.2) is 23.1 Å². The van der Waals surface area contributed by atoms with Crippen molar-refractivity contribution >= 4 is 29.4 Å². The Hall–Kier alpha value is -1.90. The maximum atomic E-state index is 13.4. The minimum atomic E-state index is -2.53. The number of amides is 2. The lowest BCUT2D eigenvalue weighted by molar-refractivity contribution is -0.146. The van der Waals surface area contributed by atoms with Crippen LogP contribution in [0, 0.1) is 11.2 Å². The van der Waals surface area contributed by atoms with Crippen molar-refractivity contribution in [1.82, 2.24) is 4.90 Å². The van der Waals surface area contributed by atoms with Gasteiger partial charge in [-0.05, 0) is 31.5 Å². The minimum Gasteiger partial charge on any atom is -0.481 e. The minimum absolute atomic E-state index is 0.0307. The van der Waals surface area contributed by atoms with Crippen molar-refractivity contribution in [3.05, 3.63) is 24.0 Å². The van der Waals surface area contributed by atoms with Crippen molar-refractivity contribution in [2.75, 3.05) is 24.2 Å². The SMILES string of the molecule is CC1(C(=O)O)CCN(C(=O)Nc2cc(F)ccc2SCC(F)F)C1. The first-order valence-electron chi connectivity index (χ1n) is 7.21. The number of anilines is 1. The van der Waals surface area contributed by atoms with E-state index in [2.05, 4.69) is 5.32 Å². The van der Waals surface area contributed by atoms with Gasteiger partial charge in [-0.25, -0.2) is 18.0 Å². The Morgan fingerprint density at radius 3 is 2.75 bits per heavy atom. The van der Waals surface area contributed by atoms with E-state index >= 15 is 0 Å². The molecule has 5 nitrogen and oxygen atoms in total. The number of carboxylic acids is 1. The summed E-state index contributed by atoms with van der Waals surface area (Å²) >= 11 is 0.809. The molecule has 132 valence electrons. The van der Waals surface area contributed by atoms with Crippen LogP contribution in [0.1, 0.15) is 13.3 Å². The van der Waals surface area contributed by atoms with Crippen LogP contribution in [-0.2, 0) is 4.79 Å². The molecule has 1 aromatic carbocycles. The molecule has 2 N–H and O–H groups in total. The number of hydrogen-bond donors (Lipinski definition) is 2. The van der Waals surface area contributed by atoms with Gasteiger partial charge in [-0.15, -0.1) is 11.8 Å². The average molecular weight is 362 g/mol. The van der Waals surface area contributed by atoms with E-state index in [1.807, 2.05) is 0 Å². The lowest BCUT2D eigenvalue weighted by atomic mass is 9.90. The van der Waals surface area contributed by atoms with Gasteiger partial charge in [0.15, 0.2) is 0 Å². The predicted molar refractivity (Wildman–Crippen MR) is 84.1 cm³/mol. The van der Waals surface area contributed by atoms with E-state index < -0.39 is 35.4 Å². The van der Waals surface area contributed by atoms with Gasteiger partial charge in [-0.2, -0.15) is 0 Å². The summed E-state index contributed by atoms with van der Waals surface area (Å²) in [5.41, 5.74) is -0.929. The molecule has 9 heteroatoms. The number of thioether (sulfide) groups is 1. The fourth-order valence-electron chi connectivity index (χ4n) is 2.38. The van der Waals surface area contributed by atoms with Gasteiger partial charge in [0.25, 0.3) is 0 Å². The number of alkyl halides is 2. The van der Waals surface area contributed by atoms with E-state index in [0.29, 0.717) is 11.3 Å². The summed E-state index contributed by atoms with van der Waals surface area (Å²) in [6.07, 6.45) is -2.22. The molecule has 1 aliphatic heterocycles. The highest BCUT2D eigenvalue weighted by Crippen LogP contribution is 2.32. The maximum absolute atomic E-state index is 13.4. The number of carbonyl (C=O) groups excluding carboxylic acids is 1. The Kier molecular flexibility index (Phi) is 5.63. The summed E-state index contributed by atoms with van der Waals surface area (Å²) in [4.78, 5) is 25.1. The van der Waals surface area contributed by atoms with Crippen molar-refractivity contribution in [1.29, 1.82) is 0 Å². The molecule has 0 saturated carbocycles. The number of nitrogens with zero attached hydrogens (tertiary/aromatic N) is 1. The molecular weight excluding hydrogens is 345 g/mol. The summed E-state index contributed by atoms with van der Waals surface area (Å²) < 4.78 is 38.1. The molecule has 24 heavy (non-hydrogen) atoms. The molecule has 2 amide bonds. The second kappa shape index (κ2) is 7.33. The largest absolute Gasteiger partial charge is 0.481 e. The predicted octanol–water partition coefficient (Wildman–Crippen LogP) is 3.51. The molecule has 1 aromatic rings. The zero-order valence-corrected chi connectivity index (χ0v) is 13.7. The Bertz CT molecular complexity index is 644. The van der Waals surface area contributed by atoms with Gasteiger partial charge in [0.2, 0.25) is 6.43 Å². The normalized spacial score (nSPS) is 20.5. The van der Waals surface area contributed by atoms with Gasteiger partial charge in [-0.3, -0.25) is 4.79 Å². The molecule has 0 radical (unpaired) electrons. The van der Waals surface area contributed by atoms with E-state index in [-0.39, 0.29) is 18.8 Å². The van der Waals surface area contributed by atoms with Crippen LogP contribution in [-0.4, -0.2) is 47.3 Å². The third-order valence-electron chi connectivity index (χ3n) is 3.82. The summed E-state index contributed by atoms with van der Waals surface area (Å²) in [5.74, 6) is -2.07. The molecule has 1 saturated heterocycles. The number of carbonyl (C=O) groups is 2. The number of rotatable bonds is 5. The van der Waals surface area contributed by atoms with E-state index in [1.54, 1.807) is 6.92 Å². The van der Waals surface area contributed by atoms with Gasteiger partial charge < -0.3 is 15.3 Å². The Balaban J connectivity index is 2.09. The topological polar surface area (TPSA) is 69.6 Å². The van der Waals surface area contributed by atoms with Crippen molar-refractivity contribution in [3.63, 3.8) is 0 Å². The Labute approximate surface area is 141 Å². The van der Waals surface area contributed by atoms with Crippen LogP contribution in [0.4, 0.5) is 23.7 Å². The Morgan fingerprint density at radius 1 is 1.46 bits per heavy atom. The number of likely N-dealkylation sites (tertiary alicyclic amines) is 1. The molecule has 0 aliphatic carbocycles. The van der Waals surface area contributed by atoms with Gasteiger partial charge in [-0.1, -0.05) is 0 Å². The molecular formula is C15H17F3N2O3S. The van der Waals surface area contributed by atoms with Crippen LogP contribution in [0.3, 0.4) is 0 Å². The highest BCUT2D eigenvalue weighted by molar-refractivity contribution is 7.99. The van der Waals surface area contributed by atoms with Gasteiger partial charge >= 0.3 is 12.0 Å². The summed E-state index contributed by atoms with van der Waals surface area (Å²) in [5, 5.41) is 11.7. The zero-order chi connectivity index (χ0) is 17.9. The molecule has 1 fully saturated rings. The molecule has 0 bridgehead atoms. The van der Waals surface area contributed by atoms with Crippen molar-refractivity contribution in [2.45, 2.75) is 24.7 Å². The molecule has 2 rings (SSSR count). The molecule has 1 atom stereocenters. The second-order valence-corrected chi connectivity index (χ2v) is 6.87. The summed E-state index contributed by atoms with van der Waals surface area (Å²) in [7, 11) is 0. The standard InChI is InChI=1S/C15H17F3N2O3S/c1-15(13(21)22)4-5-20(8-15)14(23)19-10-6-9(16)2-3-11(10)24-7-12(17)18/h2-3,6,12H,4-5,7-8H2,1H3,(H,19,23)(H,21,22). The number of hydrogen-bond acceptors (Lipinski definition) is 3. The maximum Gasteiger partial charge on any atom is 0.321 e. The van der Waals surface area contributed by atoms with Gasteiger partial charge in [0.1, 0.15) is 5.82 Å². The van der Waals surface area contributed by atoms with Gasteiger partial charge in [0.05, 0.1) is 16.9 Å². The van der Waals surface area contributed by atoms with Crippen molar-refractivity contribution < 1.29 is 27.9 Å². The first-order chi connectivity index (χ1) is 11.2. The fraction of sp³-hybridized carbons (Fsp3) is 0.467. The Morgan fingerprint density at radius 2 is 2.17 bits per heavy atom. The van der Waals surface area contributed by atoms with Crippen LogP contribution in [0.5, 0.6) is 0 Å². The van der Waals surface area contributed by atoms with Crippen LogP contribution in [0.2, 0.25) is 0 Å². The highest BCUT2D eigenvalue weighted by atomic mass is 32.2. The molecule has 1 heterocycles. The highest BCUT2D eigenvalue weighted by Gasteiger charge is 2.42. The number of nitrogens with one attached hydrogen (secondary N) is 1. The first-order valence-corrected chi connectivity index (χ1v) is 8.20. The lowest BCUT2D eigenvalue weighted by Crippen LogP contribution is -2.37. The second-order valence-electron chi connectivity index (χ2n) is 5.81. The van der Waals surface area contributed by atoms with Crippen LogP contribution in [0.25, 0.3) is 0 Å². The molecule has 1 unspecified atom stereocenters. The third kappa shape index (κ3) is 4.34. The third-order valence-corrected chi connectivity index (χ3v) is 4.91. The quantitative estimate of drug-likeness (QED) is 0.787. The van der Waals surface area contributed by atoms with E-state index in [4.69, 9.17) is 0 Å². The van der Waals surface area contributed by atoms with Crippen LogP contribution < -0.4 is 5.32 Å². The van der Waals surface area contributed by atoms with E-state index in [1.165, 1.54) is 11.0 Å². The molecule has 0 aromatic heterocycles.